The highest BCUT2D eigenvalue weighted by Gasteiger charge is 2.22. The average molecular weight is 163 g/mol. The van der Waals surface area contributed by atoms with Crippen LogP contribution in [-0.2, 0) is 4.79 Å². The van der Waals surface area contributed by atoms with Crippen LogP contribution in [0.25, 0.3) is 0 Å². The molecule has 1 amide bonds. The number of allylic oxidation sites excluding steroid dienone is 1. The third-order valence-electron chi connectivity index (χ3n) is 1.89. The van der Waals surface area contributed by atoms with E-state index in [0.29, 0.717) is 5.70 Å². The van der Waals surface area contributed by atoms with Gasteiger partial charge in [-0.25, -0.2) is 0 Å². The van der Waals surface area contributed by atoms with Crippen LogP contribution in [0.4, 0.5) is 0 Å². The van der Waals surface area contributed by atoms with E-state index in [4.69, 9.17) is 0 Å². The molecule has 0 aromatic rings. The molecule has 1 rings (SSSR count). The number of rotatable bonds is 3. The van der Waals surface area contributed by atoms with Gasteiger partial charge in [-0.05, 0) is 6.42 Å². The quantitative estimate of drug-likeness (QED) is 0.676. The Balaban J connectivity index is 3.00. The molecule has 2 heteroatoms. The summed E-state index contributed by atoms with van der Waals surface area (Å²) >= 11 is 0. The molecule has 1 aliphatic heterocycles. The molecule has 2 nitrogen and oxygen atoms in total. The van der Waals surface area contributed by atoms with Gasteiger partial charge in [0.2, 0.25) is 0 Å². The second kappa shape index (κ2) is 3.39. The Bertz CT molecular complexity index is 274. The van der Waals surface area contributed by atoms with Gasteiger partial charge in [0.15, 0.2) is 0 Å². The molecule has 0 atom stereocenters. The number of hydrogen-bond acceptors (Lipinski definition) is 1. The lowest BCUT2D eigenvalue weighted by atomic mass is 10.1. The average Bonchev–Trinajstić information content (AvgIpc) is 2.28. The van der Waals surface area contributed by atoms with Gasteiger partial charge in [0.25, 0.3) is 5.91 Å². The zero-order valence-corrected chi connectivity index (χ0v) is 7.31. The van der Waals surface area contributed by atoms with Crippen molar-refractivity contribution in [3.05, 3.63) is 36.1 Å². The minimum absolute atomic E-state index is 0.0169. The lowest BCUT2D eigenvalue weighted by molar-refractivity contribution is -0.116. The van der Waals surface area contributed by atoms with Gasteiger partial charge in [-0.15, -0.1) is 0 Å². The maximum Gasteiger partial charge on any atom is 0.252 e. The minimum atomic E-state index is -0.0169. The van der Waals surface area contributed by atoms with Crippen LogP contribution in [0.2, 0.25) is 0 Å². The van der Waals surface area contributed by atoms with E-state index in [9.17, 15) is 4.79 Å². The first-order valence-electron chi connectivity index (χ1n) is 4.07. The second-order valence-electron chi connectivity index (χ2n) is 2.78. The van der Waals surface area contributed by atoms with Crippen molar-refractivity contribution in [2.75, 3.05) is 0 Å². The molecule has 0 radical (unpaired) electrons. The monoisotopic (exact) mass is 163 g/mol. The third-order valence-corrected chi connectivity index (χ3v) is 1.89. The van der Waals surface area contributed by atoms with E-state index in [1.807, 2.05) is 6.92 Å². The zero-order chi connectivity index (χ0) is 9.14. The van der Waals surface area contributed by atoms with Crippen molar-refractivity contribution in [2.45, 2.75) is 19.8 Å². The summed E-state index contributed by atoms with van der Waals surface area (Å²) < 4.78 is 0. The molecule has 12 heavy (non-hydrogen) atoms. The van der Waals surface area contributed by atoms with Gasteiger partial charge in [0.1, 0.15) is 0 Å². The van der Waals surface area contributed by atoms with E-state index in [0.717, 1.165) is 24.0 Å². The van der Waals surface area contributed by atoms with Crippen LogP contribution in [0.3, 0.4) is 0 Å². The highest BCUT2D eigenvalue weighted by molar-refractivity contribution is 6.00. The van der Waals surface area contributed by atoms with E-state index >= 15 is 0 Å². The van der Waals surface area contributed by atoms with Gasteiger partial charge < -0.3 is 5.32 Å². The SMILES string of the molecule is C=CC1=C(CCC)C(=O)NC1=C. The Kier molecular flexibility index (Phi) is 2.48. The molecule has 1 aliphatic rings. The maximum absolute atomic E-state index is 11.3. The van der Waals surface area contributed by atoms with Crippen LogP contribution in [-0.4, -0.2) is 5.91 Å². The topological polar surface area (TPSA) is 29.1 Å². The van der Waals surface area contributed by atoms with Crippen LogP contribution in [0.1, 0.15) is 19.8 Å². The Morgan fingerprint density at radius 1 is 1.58 bits per heavy atom. The van der Waals surface area contributed by atoms with Crippen molar-refractivity contribution in [3.63, 3.8) is 0 Å². The molecule has 64 valence electrons. The number of amides is 1. The largest absolute Gasteiger partial charge is 0.322 e. The van der Waals surface area contributed by atoms with Crippen molar-refractivity contribution >= 4 is 5.91 Å². The number of nitrogens with one attached hydrogen (secondary N) is 1. The van der Waals surface area contributed by atoms with Gasteiger partial charge in [-0.1, -0.05) is 32.6 Å². The van der Waals surface area contributed by atoms with Crippen molar-refractivity contribution in [3.8, 4) is 0 Å². The number of hydrogen-bond donors (Lipinski definition) is 1. The van der Waals surface area contributed by atoms with Gasteiger partial charge >= 0.3 is 0 Å². The van der Waals surface area contributed by atoms with E-state index in [-0.39, 0.29) is 5.91 Å². The molecule has 0 saturated carbocycles. The summed E-state index contributed by atoms with van der Waals surface area (Å²) in [6.45, 7) is 9.42. The van der Waals surface area contributed by atoms with Gasteiger partial charge in [-0.2, -0.15) is 0 Å². The highest BCUT2D eigenvalue weighted by Crippen LogP contribution is 2.23. The number of carbonyl (C=O) groups excluding carboxylic acids is 1. The molecule has 0 aromatic carbocycles. The van der Waals surface area contributed by atoms with Crippen molar-refractivity contribution in [2.24, 2.45) is 0 Å². The first-order chi connectivity index (χ1) is 5.70. The summed E-state index contributed by atoms with van der Waals surface area (Å²) in [5, 5.41) is 2.67. The van der Waals surface area contributed by atoms with E-state index in [1.165, 1.54) is 0 Å². The predicted octanol–water partition coefficient (Wildman–Crippen LogP) is 1.91. The molecule has 1 heterocycles. The standard InChI is InChI=1S/C10H13NO/c1-4-6-9-8(5-2)7(3)11-10(9)12/h5H,2-4,6H2,1H3,(H,11,12). The fourth-order valence-electron chi connectivity index (χ4n) is 1.33. The molecular weight excluding hydrogens is 150 g/mol. The summed E-state index contributed by atoms with van der Waals surface area (Å²) in [4.78, 5) is 11.3. The Morgan fingerprint density at radius 2 is 2.25 bits per heavy atom. The van der Waals surface area contributed by atoms with Gasteiger partial charge in [-0.3, -0.25) is 4.79 Å². The molecule has 1 N–H and O–H groups in total. The van der Waals surface area contributed by atoms with Crippen molar-refractivity contribution in [1.82, 2.24) is 5.32 Å². The Labute approximate surface area is 72.7 Å². The first-order valence-corrected chi connectivity index (χ1v) is 4.07. The van der Waals surface area contributed by atoms with Crippen LogP contribution in [0.5, 0.6) is 0 Å². The molecule has 0 aliphatic carbocycles. The van der Waals surface area contributed by atoms with E-state index < -0.39 is 0 Å². The fourth-order valence-corrected chi connectivity index (χ4v) is 1.33. The third kappa shape index (κ3) is 1.33. The summed E-state index contributed by atoms with van der Waals surface area (Å²) in [5.74, 6) is -0.0169. The molecule has 0 spiro atoms. The normalized spacial score (nSPS) is 16.8. The molecule has 0 unspecified atom stereocenters. The van der Waals surface area contributed by atoms with Crippen LogP contribution < -0.4 is 5.32 Å². The van der Waals surface area contributed by atoms with Crippen LogP contribution in [0.15, 0.2) is 36.1 Å². The van der Waals surface area contributed by atoms with E-state index in [2.05, 4.69) is 18.5 Å². The smallest absolute Gasteiger partial charge is 0.252 e. The zero-order valence-electron chi connectivity index (χ0n) is 7.31. The van der Waals surface area contributed by atoms with Crippen molar-refractivity contribution < 1.29 is 4.79 Å². The first kappa shape index (κ1) is 8.78. The summed E-state index contributed by atoms with van der Waals surface area (Å²) in [6.07, 6.45) is 3.45. The second-order valence-corrected chi connectivity index (χ2v) is 2.78. The lowest BCUT2D eigenvalue weighted by Gasteiger charge is -1.96. The minimum Gasteiger partial charge on any atom is -0.322 e. The van der Waals surface area contributed by atoms with E-state index in [1.54, 1.807) is 6.08 Å². The molecular formula is C10H13NO. The number of carbonyl (C=O) groups is 1. The van der Waals surface area contributed by atoms with Gasteiger partial charge in [0, 0.05) is 16.8 Å². The summed E-state index contributed by atoms with van der Waals surface area (Å²) in [5.41, 5.74) is 2.37. The molecule has 0 saturated heterocycles. The summed E-state index contributed by atoms with van der Waals surface area (Å²) in [6, 6.07) is 0. The summed E-state index contributed by atoms with van der Waals surface area (Å²) in [7, 11) is 0. The fraction of sp³-hybridized carbons (Fsp3) is 0.300. The Hall–Kier alpha value is -1.31. The molecule has 0 aromatic heterocycles. The van der Waals surface area contributed by atoms with Gasteiger partial charge in [0.05, 0.1) is 0 Å². The lowest BCUT2D eigenvalue weighted by Crippen LogP contribution is -2.15. The predicted molar refractivity (Wildman–Crippen MR) is 49.4 cm³/mol. The molecule has 0 bridgehead atoms. The Morgan fingerprint density at radius 3 is 2.75 bits per heavy atom. The molecule has 0 fully saturated rings. The maximum atomic E-state index is 11.3. The van der Waals surface area contributed by atoms with Crippen LogP contribution in [0, 0.1) is 0 Å². The van der Waals surface area contributed by atoms with Crippen molar-refractivity contribution in [1.29, 1.82) is 0 Å². The highest BCUT2D eigenvalue weighted by atomic mass is 16.1. The van der Waals surface area contributed by atoms with Crippen LogP contribution >= 0.6 is 0 Å².